The Balaban J connectivity index is 1.69. The zero-order valence-corrected chi connectivity index (χ0v) is 19.8. The van der Waals surface area contributed by atoms with Gasteiger partial charge in [-0.15, -0.1) is 0 Å². The van der Waals surface area contributed by atoms with Gasteiger partial charge in [0.15, 0.2) is 0 Å². The first-order valence-corrected chi connectivity index (χ1v) is 12.3. The van der Waals surface area contributed by atoms with Gasteiger partial charge in [-0.1, -0.05) is 46.9 Å². The summed E-state index contributed by atoms with van der Waals surface area (Å²) in [5, 5.41) is 11.0. The molecule has 6 nitrogen and oxygen atoms in total. The molecule has 32 heavy (non-hydrogen) atoms. The van der Waals surface area contributed by atoms with Crippen molar-refractivity contribution >= 4 is 50.6 Å². The van der Waals surface area contributed by atoms with Crippen molar-refractivity contribution < 1.29 is 18.3 Å². The number of pyridine rings is 1. The van der Waals surface area contributed by atoms with Crippen molar-refractivity contribution in [2.45, 2.75) is 17.9 Å². The Kier molecular flexibility index (Phi) is 6.83. The molecule has 0 fully saturated rings. The molecule has 1 unspecified atom stereocenters. The van der Waals surface area contributed by atoms with E-state index in [2.05, 4.69) is 4.98 Å². The highest BCUT2D eigenvalue weighted by Gasteiger charge is 2.34. The van der Waals surface area contributed by atoms with Gasteiger partial charge in [-0.05, 0) is 48.4 Å². The normalized spacial score (nSPS) is 16.0. The average molecular weight is 514 g/mol. The van der Waals surface area contributed by atoms with Gasteiger partial charge >= 0.3 is 0 Å². The van der Waals surface area contributed by atoms with Crippen molar-refractivity contribution in [1.82, 2.24) is 4.98 Å². The van der Waals surface area contributed by atoms with Crippen molar-refractivity contribution in [1.29, 1.82) is 0 Å². The van der Waals surface area contributed by atoms with Crippen LogP contribution in [0.4, 0.5) is 5.82 Å². The second kappa shape index (κ2) is 9.45. The van der Waals surface area contributed by atoms with Gasteiger partial charge in [-0.2, -0.15) is 4.98 Å². The van der Waals surface area contributed by atoms with Crippen LogP contribution in [0.5, 0.6) is 5.88 Å². The lowest BCUT2D eigenvalue weighted by atomic mass is 9.97. The van der Waals surface area contributed by atoms with Gasteiger partial charge < -0.3 is 9.84 Å². The minimum Gasteiger partial charge on any atom is -0.473 e. The van der Waals surface area contributed by atoms with Crippen molar-refractivity contribution in [2.24, 2.45) is 5.92 Å². The molecule has 2 aromatic carbocycles. The lowest BCUT2D eigenvalue weighted by Crippen LogP contribution is -2.41. The average Bonchev–Trinajstić information content (AvgIpc) is 2.78. The van der Waals surface area contributed by atoms with Gasteiger partial charge in [0.05, 0.1) is 4.90 Å². The summed E-state index contributed by atoms with van der Waals surface area (Å²) in [6.45, 7) is 0.0139. The highest BCUT2D eigenvalue weighted by Crippen LogP contribution is 2.35. The Morgan fingerprint density at radius 3 is 2.47 bits per heavy atom. The van der Waals surface area contributed by atoms with E-state index in [4.69, 9.17) is 39.5 Å². The number of ether oxygens (including phenoxy) is 1. The Labute approximate surface area is 201 Å². The van der Waals surface area contributed by atoms with Gasteiger partial charge in [-0.3, -0.25) is 0 Å². The number of aliphatic hydroxyl groups excluding tert-OH is 1. The Bertz CT molecular complexity index is 1230. The maximum atomic E-state index is 13.4. The predicted octanol–water partition coefficient (Wildman–Crippen LogP) is 4.98. The number of sulfonamides is 1. The van der Waals surface area contributed by atoms with Crippen LogP contribution in [-0.4, -0.2) is 31.7 Å². The third kappa shape index (κ3) is 4.67. The van der Waals surface area contributed by atoms with Gasteiger partial charge in [0.25, 0.3) is 10.0 Å². The summed E-state index contributed by atoms with van der Waals surface area (Å²) < 4.78 is 33.8. The molecule has 0 spiro atoms. The zero-order chi connectivity index (χ0) is 22.9. The third-order valence-corrected chi connectivity index (χ3v) is 7.86. The van der Waals surface area contributed by atoms with E-state index in [0.717, 1.165) is 0 Å². The molecule has 1 aliphatic rings. The van der Waals surface area contributed by atoms with E-state index in [1.54, 1.807) is 42.5 Å². The molecule has 0 saturated heterocycles. The third-order valence-electron chi connectivity index (χ3n) is 5.17. The molecule has 2 heterocycles. The van der Waals surface area contributed by atoms with Gasteiger partial charge in [0.1, 0.15) is 12.4 Å². The first-order chi connectivity index (χ1) is 15.3. The molecule has 4 rings (SSSR count). The monoisotopic (exact) mass is 512 g/mol. The summed E-state index contributed by atoms with van der Waals surface area (Å²) in [5.41, 5.74) is 1.31. The number of hydrogen-bond acceptors (Lipinski definition) is 5. The molecule has 10 heteroatoms. The lowest BCUT2D eigenvalue weighted by molar-refractivity contribution is 0.227. The highest BCUT2D eigenvalue weighted by atomic mass is 35.5. The van der Waals surface area contributed by atoms with E-state index in [1.165, 1.54) is 16.4 Å². The Morgan fingerprint density at radius 1 is 1.06 bits per heavy atom. The fraction of sp³-hybridized carbons (Fsp3) is 0.227. The van der Waals surface area contributed by atoms with E-state index in [0.29, 0.717) is 32.6 Å². The SMILES string of the molecule is O=S(=O)(c1cccc(Cl)c1)N1CC(CO)Cc2ccc(OCc3c(Cl)cccc3Cl)nc21. The molecule has 168 valence electrons. The Morgan fingerprint density at radius 2 is 1.78 bits per heavy atom. The van der Waals surface area contributed by atoms with Gasteiger partial charge in [0, 0.05) is 45.8 Å². The van der Waals surface area contributed by atoms with Crippen LogP contribution >= 0.6 is 34.8 Å². The van der Waals surface area contributed by atoms with Gasteiger partial charge in [-0.25, -0.2) is 12.7 Å². The first kappa shape index (κ1) is 23.1. The molecular formula is C22H19Cl3N2O4S. The molecule has 0 bridgehead atoms. The summed E-state index contributed by atoms with van der Waals surface area (Å²) in [6.07, 6.45) is 0.497. The maximum absolute atomic E-state index is 13.4. The number of hydrogen-bond donors (Lipinski definition) is 1. The van der Waals surface area contributed by atoms with E-state index < -0.39 is 10.0 Å². The molecule has 0 saturated carbocycles. The molecule has 1 atom stereocenters. The van der Waals surface area contributed by atoms with Crippen LogP contribution in [-0.2, 0) is 23.1 Å². The van der Waals surface area contributed by atoms with Crippen molar-refractivity contribution in [3.8, 4) is 5.88 Å². The van der Waals surface area contributed by atoms with Crippen LogP contribution in [0.3, 0.4) is 0 Å². The van der Waals surface area contributed by atoms with Crippen LogP contribution in [0.25, 0.3) is 0 Å². The molecule has 0 amide bonds. The van der Waals surface area contributed by atoms with Crippen LogP contribution in [0.2, 0.25) is 15.1 Å². The number of anilines is 1. The van der Waals surface area contributed by atoms with Crippen LogP contribution in [0.15, 0.2) is 59.5 Å². The molecule has 3 aromatic rings. The molecular weight excluding hydrogens is 495 g/mol. The summed E-state index contributed by atoms with van der Waals surface area (Å²) in [4.78, 5) is 4.52. The number of halogens is 3. The van der Waals surface area contributed by atoms with Crippen molar-refractivity contribution in [3.63, 3.8) is 0 Å². The topological polar surface area (TPSA) is 79.7 Å². The maximum Gasteiger partial charge on any atom is 0.265 e. The lowest BCUT2D eigenvalue weighted by Gasteiger charge is -2.33. The van der Waals surface area contributed by atoms with E-state index in [-0.39, 0.29) is 42.3 Å². The predicted molar refractivity (Wildman–Crippen MR) is 125 cm³/mol. The largest absolute Gasteiger partial charge is 0.473 e. The van der Waals surface area contributed by atoms with E-state index in [9.17, 15) is 13.5 Å². The van der Waals surface area contributed by atoms with Crippen LogP contribution in [0.1, 0.15) is 11.1 Å². The summed E-state index contributed by atoms with van der Waals surface area (Å²) in [7, 11) is -3.96. The van der Waals surface area contributed by atoms with Crippen LogP contribution < -0.4 is 9.04 Å². The number of fused-ring (bicyclic) bond motifs is 1. The van der Waals surface area contributed by atoms with Crippen molar-refractivity contribution in [3.05, 3.63) is 80.8 Å². The number of nitrogens with zero attached hydrogens (tertiary/aromatic N) is 2. The van der Waals surface area contributed by atoms with E-state index >= 15 is 0 Å². The molecule has 1 N–H and O–H groups in total. The quantitative estimate of drug-likeness (QED) is 0.503. The fourth-order valence-corrected chi connectivity index (χ4v) is 5.85. The zero-order valence-electron chi connectivity index (χ0n) is 16.7. The minimum absolute atomic E-state index is 0.0468. The second-order valence-electron chi connectivity index (χ2n) is 7.37. The second-order valence-corrected chi connectivity index (χ2v) is 10.5. The Hall–Kier alpha value is -2.03. The van der Waals surface area contributed by atoms with Crippen molar-refractivity contribution in [2.75, 3.05) is 17.5 Å². The van der Waals surface area contributed by atoms with Gasteiger partial charge in [0.2, 0.25) is 5.88 Å². The standard InChI is InChI=1S/C22H19Cl3N2O4S/c23-16-3-1-4-17(10-16)32(29,30)27-11-14(12-28)9-15-7-8-21(26-22(15)27)31-13-18-19(24)5-2-6-20(18)25/h1-8,10,14,28H,9,11-13H2. The summed E-state index contributed by atoms with van der Waals surface area (Å²) >= 11 is 18.4. The minimum atomic E-state index is -3.96. The molecule has 1 aliphatic heterocycles. The highest BCUT2D eigenvalue weighted by molar-refractivity contribution is 7.92. The molecule has 0 aliphatic carbocycles. The number of aromatic nitrogens is 1. The summed E-state index contributed by atoms with van der Waals surface area (Å²) in [6, 6.07) is 14.6. The van der Waals surface area contributed by atoms with E-state index in [1.807, 2.05) is 0 Å². The molecule has 0 radical (unpaired) electrons. The van der Waals surface area contributed by atoms with Crippen LogP contribution in [0, 0.1) is 5.92 Å². The number of benzene rings is 2. The first-order valence-electron chi connectivity index (χ1n) is 9.74. The number of rotatable bonds is 6. The smallest absolute Gasteiger partial charge is 0.265 e. The number of aliphatic hydroxyl groups is 1. The summed E-state index contributed by atoms with van der Waals surface area (Å²) in [5.74, 6) is 0.234. The molecule has 1 aromatic heterocycles. The fourth-order valence-electron chi connectivity index (χ4n) is 3.52.